The largest absolute Gasteiger partial charge is 0.299 e. The highest BCUT2D eigenvalue weighted by Gasteiger charge is 2.52. The predicted octanol–water partition coefficient (Wildman–Crippen LogP) is 5.39. The molecule has 2 aromatic carbocycles. The lowest BCUT2D eigenvalue weighted by atomic mass is 9.54. The molecule has 0 spiro atoms. The number of carbonyl (C=O) groups excluding carboxylic acids is 2. The fourth-order valence-corrected chi connectivity index (χ4v) is 4.50. The van der Waals surface area contributed by atoms with Gasteiger partial charge in [0, 0.05) is 35.5 Å². The van der Waals surface area contributed by atoms with Gasteiger partial charge in [-0.25, -0.2) is 0 Å². The van der Waals surface area contributed by atoms with Crippen molar-refractivity contribution in [2.45, 2.75) is 46.0 Å². The van der Waals surface area contributed by atoms with Crippen LogP contribution in [0.3, 0.4) is 0 Å². The van der Waals surface area contributed by atoms with Crippen molar-refractivity contribution >= 4 is 11.6 Å². The molecule has 0 N–H and O–H groups in total. The van der Waals surface area contributed by atoms with Gasteiger partial charge in [-0.05, 0) is 11.1 Å². The Hall–Kier alpha value is -2.22. The van der Waals surface area contributed by atoms with Crippen LogP contribution in [0.4, 0.5) is 0 Å². The first-order chi connectivity index (χ1) is 12.3. The molecule has 3 atom stereocenters. The van der Waals surface area contributed by atoms with Gasteiger partial charge >= 0.3 is 0 Å². The molecule has 1 saturated carbocycles. The second-order valence-electron chi connectivity index (χ2n) is 8.34. The Balaban J connectivity index is 2.18. The molecule has 2 heteroatoms. The van der Waals surface area contributed by atoms with Gasteiger partial charge in [-0.2, -0.15) is 0 Å². The fraction of sp³-hybridized carbons (Fsp3) is 0.417. The molecule has 1 aliphatic rings. The van der Waals surface area contributed by atoms with E-state index in [1.165, 1.54) is 0 Å². The Morgan fingerprint density at radius 2 is 1.42 bits per heavy atom. The first-order valence-corrected chi connectivity index (χ1v) is 9.51. The third kappa shape index (κ3) is 3.25. The van der Waals surface area contributed by atoms with Gasteiger partial charge < -0.3 is 0 Å². The monoisotopic (exact) mass is 348 g/mol. The summed E-state index contributed by atoms with van der Waals surface area (Å²) in [5.74, 6) is 0.0945. The molecule has 0 saturated heterocycles. The van der Waals surface area contributed by atoms with Gasteiger partial charge in [0.25, 0.3) is 0 Å². The Bertz CT molecular complexity index is 774. The summed E-state index contributed by atoms with van der Waals surface area (Å²) in [5, 5.41) is 0. The molecule has 0 aromatic heterocycles. The lowest BCUT2D eigenvalue weighted by Gasteiger charge is -2.47. The molecule has 0 radical (unpaired) electrons. The first-order valence-electron chi connectivity index (χ1n) is 9.51. The van der Waals surface area contributed by atoms with Crippen molar-refractivity contribution < 1.29 is 9.59 Å². The quantitative estimate of drug-likeness (QED) is 0.742. The van der Waals surface area contributed by atoms with Gasteiger partial charge in [-0.1, -0.05) is 88.4 Å². The molecular weight excluding hydrogens is 320 g/mol. The van der Waals surface area contributed by atoms with Crippen LogP contribution in [0.15, 0.2) is 60.7 Å². The summed E-state index contributed by atoms with van der Waals surface area (Å²) in [6.07, 6.45) is 0.434. The SMILES string of the molecule is CC(C)C(=O)[C@@H]1[C@H](c2ccccc2)CC(=O)C(C)(C)[C@H]1c1ccccc1. The summed E-state index contributed by atoms with van der Waals surface area (Å²) in [6, 6.07) is 20.2. The third-order valence-electron chi connectivity index (χ3n) is 5.98. The second-order valence-corrected chi connectivity index (χ2v) is 8.34. The summed E-state index contributed by atoms with van der Waals surface area (Å²) in [4.78, 5) is 26.5. The van der Waals surface area contributed by atoms with Gasteiger partial charge in [0.2, 0.25) is 0 Å². The molecule has 0 aliphatic heterocycles. The summed E-state index contributed by atoms with van der Waals surface area (Å²) < 4.78 is 0. The Labute approximate surface area is 156 Å². The van der Waals surface area contributed by atoms with E-state index in [1.54, 1.807) is 0 Å². The number of Topliss-reactive ketones (excluding diaryl/α,β-unsaturated/α-hetero) is 2. The van der Waals surface area contributed by atoms with Crippen LogP contribution in [0.5, 0.6) is 0 Å². The minimum absolute atomic E-state index is 0.0542. The minimum atomic E-state index is -0.554. The van der Waals surface area contributed by atoms with Gasteiger partial charge in [0.05, 0.1) is 0 Å². The minimum Gasteiger partial charge on any atom is -0.299 e. The highest BCUT2D eigenvalue weighted by molar-refractivity contribution is 5.93. The molecule has 2 nitrogen and oxygen atoms in total. The van der Waals surface area contributed by atoms with Crippen LogP contribution in [0, 0.1) is 17.3 Å². The zero-order valence-electron chi connectivity index (χ0n) is 16.1. The van der Waals surface area contributed by atoms with E-state index in [0.717, 1.165) is 11.1 Å². The van der Waals surface area contributed by atoms with Crippen molar-refractivity contribution in [2.24, 2.45) is 17.3 Å². The van der Waals surface area contributed by atoms with Crippen LogP contribution in [-0.2, 0) is 9.59 Å². The topological polar surface area (TPSA) is 34.1 Å². The average molecular weight is 348 g/mol. The Morgan fingerprint density at radius 1 is 0.923 bits per heavy atom. The number of hydrogen-bond donors (Lipinski definition) is 0. The molecule has 136 valence electrons. The maximum absolute atomic E-state index is 13.3. The molecule has 0 amide bonds. The number of hydrogen-bond acceptors (Lipinski definition) is 2. The smallest absolute Gasteiger partial charge is 0.139 e. The molecular formula is C24H28O2. The number of ketones is 2. The standard InChI is InChI=1S/C24H28O2/c1-16(2)23(26)21-19(17-11-7-5-8-12-17)15-20(25)24(3,4)22(21)18-13-9-6-10-14-18/h5-14,16,19,21-22H,15H2,1-4H3/t19-,21+,22-/m0/s1. The summed E-state index contributed by atoms with van der Waals surface area (Å²) >= 11 is 0. The van der Waals surface area contributed by atoms with E-state index in [2.05, 4.69) is 24.3 Å². The van der Waals surface area contributed by atoms with E-state index in [1.807, 2.05) is 64.1 Å². The molecule has 2 aromatic rings. The van der Waals surface area contributed by atoms with Crippen molar-refractivity contribution in [1.29, 1.82) is 0 Å². The van der Waals surface area contributed by atoms with Gasteiger partial charge in [0.15, 0.2) is 0 Å². The number of benzene rings is 2. The molecule has 0 heterocycles. The zero-order valence-corrected chi connectivity index (χ0v) is 16.1. The molecule has 1 fully saturated rings. The Morgan fingerprint density at radius 3 is 1.92 bits per heavy atom. The van der Waals surface area contributed by atoms with Crippen molar-refractivity contribution in [3.8, 4) is 0 Å². The van der Waals surface area contributed by atoms with E-state index in [0.29, 0.717) is 6.42 Å². The second kappa shape index (κ2) is 7.19. The lowest BCUT2D eigenvalue weighted by molar-refractivity contribution is -0.139. The summed E-state index contributed by atoms with van der Waals surface area (Å²) in [5.41, 5.74) is 1.63. The van der Waals surface area contributed by atoms with Gasteiger partial charge in [-0.15, -0.1) is 0 Å². The van der Waals surface area contributed by atoms with Gasteiger partial charge in [-0.3, -0.25) is 9.59 Å². The van der Waals surface area contributed by atoms with E-state index in [9.17, 15) is 9.59 Å². The van der Waals surface area contributed by atoms with E-state index >= 15 is 0 Å². The molecule has 0 unspecified atom stereocenters. The van der Waals surface area contributed by atoms with Crippen LogP contribution < -0.4 is 0 Å². The molecule has 1 aliphatic carbocycles. The average Bonchev–Trinajstić information content (AvgIpc) is 2.64. The van der Waals surface area contributed by atoms with Gasteiger partial charge in [0.1, 0.15) is 11.6 Å². The van der Waals surface area contributed by atoms with Crippen LogP contribution >= 0.6 is 0 Å². The van der Waals surface area contributed by atoms with Crippen LogP contribution in [0.25, 0.3) is 0 Å². The van der Waals surface area contributed by atoms with Crippen molar-refractivity contribution in [2.75, 3.05) is 0 Å². The van der Waals surface area contributed by atoms with E-state index in [-0.39, 0.29) is 35.2 Å². The zero-order chi connectivity index (χ0) is 18.9. The highest BCUT2D eigenvalue weighted by Crippen LogP contribution is 2.54. The molecule has 26 heavy (non-hydrogen) atoms. The summed E-state index contributed by atoms with van der Waals surface area (Å²) in [7, 11) is 0. The van der Waals surface area contributed by atoms with Crippen molar-refractivity contribution in [3.63, 3.8) is 0 Å². The number of rotatable bonds is 4. The summed E-state index contributed by atoms with van der Waals surface area (Å²) in [6.45, 7) is 7.95. The van der Waals surface area contributed by atoms with Crippen molar-refractivity contribution in [1.82, 2.24) is 0 Å². The van der Waals surface area contributed by atoms with Crippen LogP contribution in [0.2, 0.25) is 0 Å². The number of carbonyl (C=O) groups is 2. The van der Waals surface area contributed by atoms with E-state index < -0.39 is 5.41 Å². The normalized spacial score (nSPS) is 25.3. The lowest BCUT2D eigenvalue weighted by Crippen LogP contribution is -2.47. The third-order valence-corrected chi connectivity index (χ3v) is 5.98. The van der Waals surface area contributed by atoms with Crippen LogP contribution in [-0.4, -0.2) is 11.6 Å². The maximum atomic E-state index is 13.3. The highest BCUT2D eigenvalue weighted by atomic mass is 16.1. The fourth-order valence-electron chi connectivity index (χ4n) is 4.50. The first kappa shape index (κ1) is 18.6. The predicted molar refractivity (Wildman–Crippen MR) is 105 cm³/mol. The van der Waals surface area contributed by atoms with Crippen LogP contribution in [0.1, 0.15) is 57.1 Å². The molecule has 3 rings (SSSR count). The van der Waals surface area contributed by atoms with E-state index in [4.69, 9.17) is 0 Å². The Kier molecular flexibility index (Phi) is 5.13. The van der Waals surface area contributed by atoms with Crippen molar-refractivity contribution in [3.05, 3.63) is 71.8 Å². The maximum Gasteiger partial charge on any atom is 0.139 e. The molecule has 0 bridgehead atoms.